The molecule has 0 rings (SSSR count). The second-order valence-corrected chi connectivity index (χ2v) is 23.1. The molecule has 0 aromatic rings. The Morgan fingerprint density at radius 1 is 0.397 bits per heavy atom. The lowest BCUT2D eigenvalue weighted by atomic mass is 10.0. The van der Waals surface area contributed by atoms with Crippen LogP contribution in [0.2, 0.25) is 0 Å². The first-order chi connectivity index (χ1) is 38.0. The summed E-state index contributed by atoms with van der Waals surface area (Å²) in [6, 6.07) is 0. The van der Waals surface area contributed by atoms with E-state index in [2.05, 4.69) is 135 Å². The Balaban J connectivity index is 4.16. The molecule has 78 heavy (non-hydrogen) atoms. The topological polar surface area (TPSA) is 108 Å². The number of phosphoric ester groups is 1. The molecule has 0 aliphatic heterocycles. The van der Waals surface area contributed by atoms with E-state index in [1.165, 1.54) is 103 Å². The Bertz CT molecular complexity index is 1730. The maximum absolute atomic E-state index is 12.8. The first-order valence-corrected chi connectivity index (χ1v) is 32.8. The Morgan fingerprint density at radius 3 is 1.03 bits per heavy atom. The van der Waals surface area contributed by atoms with Crippen LogP contribution in [0.25, 0.3) is 0 Å². The van der Waals surface area contributed by atoms with Gasteiger partial charge in [-0.2, -0.15) is 0 Å². The van der Waals surface area contributed by atoms with Gasteiger partial charge in [-0.1, -0.05) is 251 Å². The van der Waals surface area contributed by atoms with Gasteiger partial charge in [0.15, 0.2) is 6.10 Å². The minimum absolute atomic E-state index is 0.0249. The molecular weight excluding hydrogens is 990 g/mol. The van der Waals surface area contributed by atoms with Crippen molar-refractivity contribution in [2.45, 2.75) is 251 Å². The van der Waals surface area contributed by atoms with E-state index in [0.717, 1.165) is 109 Å². The van der Waals surface area contributed by atoms with Crippen molar-refractivity contribution in [1.29, 1.82) is 0 Å². The summed E-state index contributed by atoms with van der Waals surface area (Å²) in [6.45, 7) is 4.20. The van der Waals surface area contributed by atoms with Gasteiger partial charge in [0.1, 0.15) is 19.8 Å². The summed E-state index contributed by atoms with van der Waals surface area (Å²) in [7, 11) is 1.46. The van der Waals surface area contributed by atoms with Crippen molar-refractivity contribution in [1.82, 2.24) is 0 Å². The van der Waals surface area contributed by atoms with Crippen LogP contribution in [-0.4, -0.2) is 74.9 Å². The lowest BCUT2D eigenvalue weighted by molar-refractivity contribution is -0.870. The predicted octanol–water partition coefficient (Wildman–Crippen LogP) is 19.9. The lowest BCUT2D eigenvalue weighted by Gasteiger charge is -2.24. The number of nitrogens with zero attached hydrogens (tertiary/aromatic N) is 1. The van der Waals surface area contributed by atoms with Gasteiger partial charge in [-0.05, 0) is 103 Å². The molecule has 0 aromatic carbocycles. The number of rotatable bonds is 56. The van der Waals surface area contributed by atoms with E-state index in [4.69, 9.17) is 18.5 Å². The Labute approximate surface area is 479 Å². The molecule has 1 N–H and O–H groups in total. The van der Waals surface area contributed by atoms with Crippen LogP contribution in [0.3, 0.4) is 0 Å². The highest BCUT2D eigenvalue weighted by Gasteiger charge is 2.27. The van der Waals surface area contributed by atoms with Crippen LogP contribution in [0.1, 0.15) is 245 Å². The van der Waals surface area contributed by atoms with Gasteiger partial charge in [0.05, 0.1) is 27.7 Å². The number of phosphoric acid groups is 1. The number of hydrogen-bond donors (Lipinski definition) is 1. The van der Waals surface area contributed by atoms with Gasteiger partial charge in [0, 0.05) is 12.8 Å². The Kier molecular flexibility index (Phi) is 55.4. The highest BCUT2D eigenvalue weighted by Crippen LogP contribution is 2.43. The van der Waals surface area contributed by atoms with E-state index in [1.807, 2.05) is 21.1 Å². The van der Waals surface area contributed by atoms with Gasteiger partial charge < -0.3 is 18.9 Å². The average molecular weight is 1110 g/mol. The first-order valence-electron chi connectivity index (χ1n) is 31.3. The van der Waals surface area contributed by atoms with Crippen LogP contribution in [0.4, 0.5) is 0 Å². The summed E-state index contributed by atoms with van der Waals surface area (Å²) >= 11 is 0. The molecular formula is C68H117NO8P+. The van der Waals surface area contributed by atoms with Crippen LogP contribution in [0.5, 0.6) is 0 Å². The summed E-state index contributed by atoms with van der Waals surface area (Å²) in [5.41, 5.74) is 0. The SMILES string of the molecule is CC/C=C\C/C=C\C/C=C\C/C=C\C/C=C\C/C=C\CCCCCCCCCCCCC(=O)OC(COC(=O)CCCCCCCCCCCCCC/C=C\C/C=C\C/C=C\C/C=C\CC)COP(=O)(O)OCC[N+](C)(C)C. The van der Waals surface area contributed by atoms with E-state index in [0.29, 0.717) is 17.4 Å². The number of carbonyl (C=O) groups is 2. The van der Waals surface area contributed by atoms with Crippen molar-refractivity contribution in [2.24, 2.45) is 0 Å². The molecule has 0 aromatic heterocycles. The molecule has 2 unspecified atom stereocenters. The molecule has 0 fully saturated rings. The monoisotopic (exact) mass is 1110 g/mol. The van der Waals surface area contributed by atoms with Crippen molar-refractivity contribution in [3.05, 3.63) is 122 Å². The average Bonchev–Trinajstić information content (AvgIpc) is 3.41. The first kappa shape index (κ1) is 74.4. The molecule has 10 heteroatoms. The second-order valence-electron chi connectivity index (χ2n) is 21.7. The van der Waals surface area contributed by atoms with Crippen molar-refractivity contribution in [2.75, 3.05) is 47.5 Å². The second kappa shape index (κ2) is 58.1. The van der Waals surface area contributed by atoms with Gasteiger partial charge in [0.2, 0.25) is 0 Å². The van der Waals surface area contributed by atoms with Crippen LogP contribution in [0, 0.1) is 0 Å². The molecule has 0 spiro atoms. The van der Waals surface area contributed by atoms with Gasteiger partial charge >= 0.3 is 19.8 Å². The predicted molar refractivity (Wildman–Crippen MR) is 334 cm³/mol. The largest absolute Gasteiger partial charge is 0.472 e. The number of likely N-dealkylation sites (N-methyl/N-ethyl adjacent to an activating group) is 1. The van der Waals surface area contributed by atoms with Crippen LogP contribution in [-0.2, 0) is 32.7 Å². The number of carbonyl (C=O) groups excluding carboxylic acids is 2. The molecule has 446 valence electrons. The standard InChI is InChI=1S/C68H116NO8P/c1-6-8-10-12-14-16-18-20-22-24-26-28-30-32-33-34-35-37-39-41-43-45-47-49-51-53-55-57-59-61-68(71)77-66(65-76-78(72,73)75-63-62-69(3,4)5)64-74-67(70)60-58-56-54-52-50-48-46-44-42-40-38-36-31-29-27-25-23-21-19-17-15-13-11-9-7-2/h8-11,14-17,20-23,26-29,32-33,35,37,66H,6-7,12-13,18-19,24-25,30-31,34,36,38-65H2,1-5H3/p+1/b10-8-,11-9-,16-14-,17-15-,22-20-,23-21-,28-26-,29-27-,33-32-,37-35-. The summed E-state index contributed by atoms with van der Waals surface area (Å²) in [5, 5.41) is 0. The zero-order valence-corrected chi connectivity index (χ0v) is 51.5. The fourth-order valence-corrected chi connectivity index (χ4v) is 8.99. The molecule has 0 amide bonds. The summed E-state index contributed by atoms with van der Waals surface area (Å²) in [4.78, 5) is 35.8. The maximum atomic E-state index is 12.8. The normalized spacial score (nSPS) is 14.1. The quantitative estimate of drug-likeness (QED) is 0.0211. The molecule has 0 saturated carbocycles. The van der Waals surface area contributed by atoms with Crippen LogP contribution >= 0.6 is 7.82 Å². The van der Waals surface area contributed by atoms with Crippen molar-refractivity contribution in [3.8, 4) is 0 Å². The minimum Gasteiger partial charge on any atom is -0.462 e. The lowest BCUT2D eigenvalue weighted by Crippen LogP contribution is -2.37. The van der Waals surface area contributed by atoms with Gasteiger partial charge in [0.25, 0.3) is 0 Å². The van der Waals surface area contributed by atoms with E-state index in [9.17, 15) is 19.0 Å². The van der Waals surface area contributed by atoms with Gasteiger partial charge in [-0.15, -0.1) is 0 Å². The number of quaternary nitrogens is 1. The highest BCUT2D eigenvalue weighted by molar-refractivity contribution is 7.47. The highest BCUT2D eigenvalue weighted by atomic mass is 31.2. The fourth-order valence-electron chi connectivity index (χ4n) is 8.25. The number of unbranched alkanes of at least 4 members (excludes halogenated alkanes) is 22. The zero-order chi connectivity index (χ0) is 57.0. The number of ether oxygens (including phenoxy) is 2. The number of esters is 2. The third-order valence-corrected chi connectivity index (χ3v) is 14.0. The van der Waals surface area contributed by atoms with E-state index in [1.54, 1.807) is 0 Å². The Hall–Kier alpha value is -3.59. The zero-order valence-electron chi connectivity index (χ0n) is 50.6. The minimum atomic E-state index is -4.40. The van der Waals surface area contributed by atoms with E-state index >= 15 is 0 Å². The molecule has 0 heterocycles. The maximum Gasteiger partial charge on any atom is 0.472 e. The molecule has 0 aliphatic rings. The summed E-state index contributed by atoms with van der Waals surface area (Å²) in [5.74, 6) is -0.808. The van der Waals surface area contributed by atoms with Crippen LogP contribution in [0.15, 0.2) is 122 Å². The van der Waals surface area contributed by atoms with Crippen molar-refractivity contribution >= 4 is 19.8 Å². The van der Waals surface area contributed by atoms with Crippen molar-refractivity contribution in [3.63, 3.8) is 0 Å². The van der Waals surface area contributed by atoms with Gasteiger partial charge in [-0.3, -0.25) is 18.6 Å². The van der Waals surface area contributed by atoms with Crippen LogP contribution < -0.4 is 0 Å². The summed E-state index contributed by atoms with van der Waals surface area (Å²) < 4.78 is 34.6. The Morgan fingerprint density at radius 2 is 0.692 bits per heavy atom. The smallest absolute Gasteiger partial charge is 0.462 e. The molecule has 2 atom stereocenters. The third kappa shape index (κ3) is 61.6. The molecule has 0 saturated heterocycles. The summed E-state index contributed by atoms with van der Waals surface area (Å²) in [6.07, 6.45) is 82.7. The molecule has 0 aliphatic carbocycles. The van der Waals surface area contributed by atoms with E-state index < -0.39 is 26.5 Å². The van der Waals surface area contributed by atoms with Gasteiger partial charge in [-0.25, -0.2) is 4.57 Å². The number of allylic oxidation sites excluding steroid dienone is 20. The van der Waals surface area contributed by atoms with E-state index in [-0.39, 0.29) is 32.0 Å². The molecule has 0 radical (unpaired) electrons. The molecule has 9 nitrogen and oxygen atoms in total. The molecule has 0 bridgehead atoms. The fraction of sp³-hybridized carbons (Fsp3) is 0.676. The van der Waals surface area contributed by atoms with Crippen molar-refractivity contribution < 1.29 is 42.1 Å². The number of hydrogen-bond acceptors (Lipinski definition) is 7. The third-order valence-electron chi connectivity index (χ3n) is 13.0.